The Morgan fingerprint density at radius 1 is 1.85 bits per heavy atom. The number of nitrogens with one attached hydrogen (secondary N) is 1. The van der Waals surface area contributed by atoms with Crippen LogP contribution in [0.1, 0.15) is 17.4 Å². The molecule has 72 valence electrons. The maximum Gasteiger partial charge on any atom is 0.269 e. The van der Waals surface area contributed by atoms with E-state index < -0.39 is 0 Å². The first-order valence-corrected chi connectivity index (χ1v) is 4.53. The van der Waals surface area contributed by atoms with Crippen LogP contribution in [0.25, 0.3) is 0 Å². The van der Waals surface area contributed by atoms with Crippen LogP contribution in [0.5, 0.6) is 0 Å². The van der Waals surface area contributed by atoms with Crippen molar-refractivity contribution < 1.29 is 4.79 Å². The van der Waals surface area contributed by atoms with Crippen LogP contribution in [0, 0.1) is 0 Å². The van der Waals surface area contributed by atoms with E-state index in [1.807, 2.05) is 6.92 Å². The number of nitrogens with zero attached hydrogens (tertiary/aromatic N) is 2. The highest BCUT2D eigenvalue weighted by atomic mass is 35.5. The van der Waals surface area contributed by atoms with Gasteiger partial charge in [-0.05, 0) is 13.0 Å². The molecule has 1 aromatic heterocycles. The Morgan fingerprint density at radius 3 is 3.00 bits per heavy atom. The summed E-state index contributed by atoms with van der Waals surface area (Å²) >= 11 is 5.56. The lowest BCUT2D eigenvalue weighted by Gasteiger charge is -2.09. The molecule has 1 amide bonds. The molecule has 1 rings (SSSR count). The Labute approximate surface area is 81.9 Å². The summed E-state index contributed by atoms with van der Waals surface area (Å²) in [6, 6.07) is 1.64. The Bertz CT molecular complexity index is 297. The molecule has 13 heavy (non-hydrogen) atoms. The summed E-state index contributed by atoms with van der Waals surface area (Å²) in [4.78, 5) is 11.5. The number of amides is 1. The highest BCUT2D eigenvalue weighted by Gasteiger charge is 2.11. The van der Waals surface area contributed by atoms with Gasteiger partial charge < -0.3 is 5.32 Å². The van der Waals surface area contributed by atoms with Gasteiger partial charge in [0.25, 0.3) is 5.91 Å². The van der Waals surface area contributed by atoms with E-state index >= 15 is 0 Å². The second kappa shape index (κ2) is 4.28. The lowest BCUT2D eigenvalue weighted by molar-refractivity contribution is 0.0934. The summed E-state index contributed by atoms with van der Waals surface area (Å²) in [5.41, 5.74) is 0.539. The smallest absolute Gasteiger partial charge is 0.269 e. The summed E-state index contributed by atoms with van der Waals surface area (Å²) < 4.78 is 1.52. The second-order valence-corrected chi connectivity index (χ2v) is 3.18. The topological polar surface area (TPSA) is 46.9 Å². The maximum absolute atomic E-state index is 11.5. The lowest BCUT2D eigenvalue weighted by Crippen LogP contribution is -2.34. The Balaban J connectivity index is 2.64. The van der Waals surface area contributed by atoms with E-state index in [-0.39, 0.29) is 11.9 Å². The molecule has 0 fully saturated rings. The van der Waals surface area contributed by atoms with Crippen molar-refractivity contribution in [3.05, 3.63) is 18.0 Å². The minimum Gasteiger partial charge on any atom is -0.347 e. The van der Waals surface area contributed by atoms with Crippen molar-refractivity contribution in [2.75, 3.05) is 5.88 Å². The zero-order valence-electron chi connectivity index (χ0n) is 7.62. The third kappa shape index (κ3) is 2.45. The number of aryl methyl sites for hydroxylation is 1. The van der Waals surface area contributed by atoms with Gasteiger partial charge in [-0.3, -0.25) is 9.48 Å². The molecule has 1 N–H and O–H groups in total. The van der Waals surface area contributed by atoms with Gasteiger partial charge >= 0.3 is 0 Å². The largest absolute Gasteiger partial charge is 0.347 e. The predicted octanol–water partition coefficient (Wildman–Crippen LogP) is 0.777. The number of carbonyl (C=O) groups is 1. The molecule has 0 aliphatic rings. The van der Waals surface area contributed by atoms with Gasteiger partial charge in [0.05, 0.1) is 0 Å². The monoisotopic (exact) mass is 201 g/mol. The number of halogens is 1. The van der Waals surface area contributed by atoms with Crippen LogP contribution in [-0.4, -0.2) is 27.6 Å². The summed E-state index contributed by atoms with van der Waals surface area (Å²) in [5, 5.41) is 6.63. The van der Waals surface area contributed by atoms with Gasteiger partial charge in [-0.2, -0.15) is 5.10 Å². The third-order valence-electron chi connectivity index (χ3n) is 1.66. The standard InChI is InChI=1S/C8H12ClN3O/c1-6(5-9)11-8(13)7-3-4-10-12(7)2/h3-4,6H,5H2,1-2H3,(H,11,13). The van der Waals surface area contributed by atoms with E-state index in [4.69, 9.17) is 11.6 Å². The van der Waals surface area contributed by atoms with E-state index in [1.165, 1.54) is 4.68 Å². The molecule has 1 unspecified atom stereocenters. The first kappa shape index (κ1) is 10.1. The zero-order chi connectivity index (χ0) is 9.84. The van der Waals surface area contributed by atoms with Gasteiger partial charge in [-0.25, -0.2) is 0 Å². The Hall–Kier alpha value is -1.03. The van der Waals surface area contributed by atoms with E-state index in [9.17, 15) is 4.79 Å². The first-order chi connectivity index (χ1) is 6.15. The van der Waals surface area contributed by atoms with Crippen LogP contribution < -0.4 is 5.32 Å². The van der Waals surface area contributed by atoms with Gasteiger partial charge in [-0.1, -0.05) is 0 Å². The molecule has 4 nitrogen and oxygen atoms in total. The summed E-state index contributed by atoms with van der Waals surface area (Å²) in [6.07, 6.45) is 1.58. The molecule has 1 aromatic rings. The molecule has 0 bridgehead atoms. The number of hydrogen-bond donors (Lipinski definition) is 1. The van der Waals surface area contributed by atoms with E-state index in [0.717, 1.165) is 0 Å². The zero-order valence-corrected chi connectivity index (χ0v) is 8.38. The average molecular weight is 202 g/mol. The highest BCUT2D eigenvalue weighted by Crippen LogP contribution is 1.97. The predicted molar refractivity (Wildman–Crippen MR) is 50.9 cm³/mol. The molecule has 1 atom stereocenters. The van der Waals surface area contributed by atoms with E-state index in [0.29, 0.717) is 11.6 Å². The average Bonchev–Trinajstić information content (AvgIpc) is 2.51. The van der Waals surface area contributed by atoms with Crippen LogP contribution in [0.2, 0.25) is 0 Å². The first-order valence-electron chi connectivity index (χ1n) is 4.00. The van der Waals surface area contributed by atoms with Crippen molar-refractivity contribution in [1.82, 2.24) is 15.1 Å². The van der Waals surface area contributed by atoms with Crippen molar-refractivity contribution in [2.45, 2.75) is 13.0 Å². The fraction of sp³-hybridized carbons (Fsp3) is 0.500. The van der Waals surface area contributed by atoms with Crippen LogP contribution >= 0.6 is 11.6 Å². The van der Waals surface area contributed by atoms with E-state index in [1.54, 1.807) is 19.3 Å². The number of aromatic nitrogens is 2. The van der Waals surface area contributed by atoms with Gasteiger partial charge in [0.2, 0.25) is 0 Å². The SMILES string of the molecule is CC(CCl)NC(=O)c1ccnn1C. The number of alkyl halides is 1. The molecule has 0 spiro atoms. The Kier molecular flexibility index (Phi) is 3.31. The lowest BCUT2D eigenvalue weighted by atomic mass is 10.3. The van der Waals surface area contributed by atoms with Gasteiger partial charge in [0, 0.05) is 25.2 Å². The van der Waals surface area contributed by atoms with Crippen molar-refractivity contribution in [3.63, 3.8) is 0 Å². The molecule has 0 aromatic carbocycles. The number of hydrogen-bond acceptors (Lipinski definition) is 2. The van der Waals surface area contributed by atoms with Crippen LogP contribution in [0.15, 0.2) is 12.3 Å². The quantitative estimate of drug-likeness (QED) is 0.735. The Morgan fingerprint density at radius 2 is 2.54 bits per heavy atom. The third-order valence-corrected chi connectivity index (χ3v) is 2.13. The molecule has 0 saturated carbocycles. The number of rotatable bonds is 3. The van der Waals surface area contributed by atoms with Gasteiger partial charge in [0.1, 0.15) is 5.69 Å². The molecular weight excluding hydrogens is 190 g/mol. The molecule has 0 radical (unpaired) electrons. The fourth-order valence-electron chi connectivity index (χ4n) is 0.933. The molecular formula is C8H12ClN3O. The summed E-state index contributed by atoms with van der Waals surface area (Å²) in [6.45, 7) is 1.85. The van der Waals surface area contributed by atoms with Crippen LogP contribution in [-0.2, 0) is 7.05 Å². The summed E-state index contributed by atoms with van der Waals surface area (Å²) in [7, 11) is 1.72. The van der Waals surface area contributed by atoms with Crippen molar-refractivity contribution in [3.8, 4) is 0 Å². The number of carbonyl (C=O) groups excluding carboxylic acids is 1. The minimum absolute atomic E-state index is 0.0240. The van der Waals surface area contributed by atoms with Crippen LogP contribution in [0.4, 0.5) is 0 Å². The van der Waals surface area contributed by atoms with Gasteiger partial charge in [-0.15, -0.1) is 11.6 Å². The summed E-state index contributed by atoms with van der Waals surface area (Å²) in [5.74, 6) is 0.261. The van der Waals surface area contributed by atoms with Gasteiger partial charge in [0.15, 0.2) is 0 Å². The van der Waals surface area contributed by atoms with E-state index in [2.05, 4.69) is 10.4 Å². The molecule has 0 aliphatic carbocycles. The molecule has 0 aliphatic heterocycles. The second-order valence-electron chi connectivity index (χ2n) is 2.87. The fourth-order valence-corrected chi connectivity index (χ4v) is 1.01. The normalized spacial score (nSPS) is 12.5. The highest BCUT2D eigenvalue weighted by molar-refractivity contribution is 6.18. The maximum atomic E-state index is 11.5. The van der Waals surface area contributed by atoms with Crippen molar-refractivity contribution >= 4 is 17.5 Å². The van der Waals surface area contributed by atoms with Crippen molar-refractivity contribution in [1.29, 1.82) is 0 Å². The van der Waals surface area contributed by atoms with Crippen molar-refractivity contribution in [2.24, 2.45) is 7.05 Å². The minimum atomic E-state index is -0.145. The molecule has 0 saturated heterocycles. The van der Waals surface area contributed by atoms with Crippen LogP contribution in [0.3, 0.4) is 0 Å². The molecule has 5 heteroatoms. The molecule has 1 heterocycles.